The van der Waals surface area contributed by atoms with Gasteiger partial charge in [-0.3, -0.25) is 4.79 Å². The number of hydrogen-bond acceptors (Lipinski definition) is 5. The van der Waals surface area contributed by atoms with E-state index in [-0.39, 0.29) is 32.1 Å². The second kappa shape index (κ2) is 12.1. The molecular formula is C29H33NO5. The monoisotopic (exact) mass is 475 g/mol. The molecule has 3 aromatic carbocycles. The zero-order valence-electron chi connectivity index (χ0n) is 20.1. The van der Waals surface area contributed by atoms with Crippen LogP contribution in [0, 0.1) is 0 Å². The molecule has 0 spiro atoms. The highest BCUT2D eigenvalue weighted by atomic mass is 16.7. The summed E-state index contributed by atoms with van der Waals surface area (Å²) in [5.41, 5.74) is 2.90. The third-order valence-electron chi connectivity index (χ3n) is 6.33. The van der Waals surface area contributed by atoms with Crippen LogP contribution in [0.1, 0.15) is 30.0 Å². The van der Waals surface area contributed by atoms with E-state index in [0.717, 1.165) is 16.7 Å². The van der Waals surface area contributed by atoms with Gasteiger partial charge in [0, 0.05) is 6.54 Å². The lowest BCUT2D eigenvalue weighted by Crippen LogP contribution is -2.68. The van der Waals surface area contributed by atoms with Gasteiger partial charge < -0.3 is 24.2 Å². The summed E-state index contributed by atoms with van der Waals surface area (Å²) >= 11 is 0. The van der Waals surface area contributed by atoms with Gasteiger partial charge in [0.1, 0.15) is 12.1 Å². The molecule has 4 rings (SSSR count). The number of carbonyl (C=O) groups excluding carboxylic acids is 1. The van der Waals surface area contributed by atoms with Gasteiger partial charge in [0.05, 0.1) is 32.8 Å². The normalized spacial score (nSPS) is 22.3. The molecule has 1 saturated heterocycles. The molecule has 0 saturated carbocycles. The van der Waals surface area contributed by atoms with Crippen LogP contribution in [0.25, 0.3) is 0 Å². The van der Waals surface area contributed by atoms with Crippen LogP contribution >= 0.6 is 0 Å². The van der Waals surface area contributed by atoms with Crippen molar-refractivity contribution < 1.29 is 24.1 Å². The highest BCUT2D eigenvalue weighted by Crippen LogP contribution is 2.34. The number of nitrogens with zero attached hydrogens (tertiary/aromatic N) is 1. The van der Waals surface area contributed by atoms with E-state index in [1.807, 2.05) is 97.9 Å². The van der Waals surface area contributed by atoms with Crippen molar-refractivity contribution in [1.29, 1.82) is 0 Å². The van der Waals surface area contributed by atoms with Gasteiger partial charge in [0.2, 0.25) is 11.7 Å². The van der Waals surface area contributed by atoms with Crippen LogP contribution in [0.4, 0.5) is 0 Å². The van der Waals surface area contributed by atoms with E-state index < -0.39 is 17.9 Å². The molecule has 3 atom stereocenters. The maximum Gasteiger partial charge on any atom is 0.225 e. The Balaban J connectivity index is 1.56. The first-order valence-electron chi connectivity index (χ1n) is 12.1. The third-order valence-corrected chi connectivity index (χ3v) is 6.33. The lowest BCUT2D eigenvalue weighted by Gasteiger charge is -2.49. The Kier molecular flexibility index (Phi) is 8.66. The van der Waals surface area contributed by atoms with E-state index in [1.165, 1.54) is 0 Å². The van der Waals surface area contributed by atoms with Crippen molar-refractivity contribution in [2.24, 2.45) is 0 Å². The number of aliphatic hydroxyl groups is 1. The zero-order chi connectivity index (χ0) is 24.5. The van der Waals surface area contributed by atoms with Gasteiger partial charge in [0.15, 0.2) is 0 Å². The summed E-state index contributed by atoms with van der Waals surface area (Å²) in [6.45, 7) is 3.26. The quantitative estimate of drug-likeness (QED) is 0.419. The van der Waals surface area contributed by atoms with Crippen LogP contribution in [-0.4, -0.2) is 47.0 Å². The van der Waals surface area contributed by atoms with Crippen LogP contribution in [-0.2, 0) is 38.8 Å². The van der Waals surface area contributed by atoms with Crippen molar-refractivity contribution >= 4 is 5.91 Å². The Labute approximate surface area is 207 Å². The van der Waals surface area contributed by atoms with Gasteiger partial charge >= 0.3 is 0 Å². The number of likely N-dealkylation sites (tertiary alicyclic amines) is 1. The molecule has 3 unspecified atom stereocenters. The summed E-state index contributed by atoms with van der Waals surface area (Å²) in [7, 11) is 0. The maximum atomic E-state index is 13.1. The van der Waals surface area contributed by atoms with Crippen LogP contribution in [0.15, 0.2) is 91.0 Å². The minimum atomic E-state index is -1.74. The number of likely N-dealkylation sites (N-methyl/N-ethyl adjacent to an activating group) is 1. The van der Waals surface area contributed by atoms with Gasteiger partial charge in [-0.1, -0.05) is 91.0 Å². The van der Waals surface area contributed by atoms with E-state index in [0.29, 0.717) is 13.2 Å². The number of hydrogen-bond donors (Lipinski definition) is 1. The zero-order valence-corrected chi connectivity index (χ0v) is 20.1. The first-order valence-corrected chi connectivity index (χ1v) is 12.1. The summed E-state index contributed by atoms with van der Waals surface area (Å²) in [6, 6.07) is 28.5. The molecule has 0 radical (unpaired) electrons. The van der Waals surface area contributed by atoms with Crippen molar-refractivity contribution in [3.05, 3.63) is 108 Å². The van der Waals surface area contributed by atoms with Crippen LogP contribution in [0.3, 0.4) is 0 Å². The summed E-state index contributed by atoms with van der Waals surface area (Å²) in [4.78, 5) is 14.7. The standard InChI is InChI=1S/C29H33NO5/c1-2-30-26(22-33-19-23-12-6-3-7-13-23)29(32,35-21-25-16-10-5-11-17-25)27(18-28(30)31)34-20-24-14-8-4-9-15-24/h3-17,26-27,32H,2,18-22H2,1H3. The average Bonchev–Trinajstić information content (AvgIpc) is 2.90. The summed E-state index contributed by atoms with van der Waals surface area (Å²) in [5, 5.41) is 12.0. The van der Waals surface area contributed by atoms with Crippen molar-refractivity contribution in [2.45, 2.75) is 51.1 Å². The fourth-order valence-electron chi connectivity index (χ4n) is 4.41. The van der Waals surface area contributed by atoms with Gasteiger partial charge in [-0.2, -0.15) is 0 Å². The molecular weight excluding hydrogens is 442 g/mol. The molecule has 1 aliphatic rings. The Morgan fingerprint density at radius 2 is 1.34 bits per heavy atom. The van der Waals surface area contributed by atoms with Gasteiger partial charge in [-0.15, -0.1) is 0 Å². The number of carbonyl (C=O) groups is 1. The van der Waals surface area contributed by atoms with E-state index in [2.05, 4.69) is 0 Å². The Hall–Kier alpha value is -3.03. The largest absolute Gasteiger partial charge is 0.374 e. The number of amides is 1. The second-order valence-electron chi connectivity index (χ2n) is 8.71. The Bertz CT molecular complexity index is 1050. The number of piperidine rings is 1. The van der Waals surface area contributed by atoms with Crippen molar-refractivity contribution in [1.82, 2.24) is 4.90 Å². The van der Waals surface area contributed by atoms with Gasteiger partial charge in [-0.05, 0) is 23.6 Å². The molecule has 6 nitrogen and oxygen atoms in total. The molecule has 1 aliphatic heterocycles. The Morgan fingerprint density at radius 3 is 1.89 bits per heavy atom. The lowest BCUT2D eigenvalue weighted by molar-refractivity contribution is -0.317. The summed E-state index contributed by atoms with van der Waals surface area (Å²) < 4.78 is 18.4. The molecule has 0 aromatic heterocycles. The summed E-state index contributed by atoms with van der Waals surface area (Å²) in [6.07, 6.45) is -0.812. The van der Waals surface area contributed by atoms with Crippen molar-refractivity contribution in [3.63, 3.8) is 0 Å². The topological polar surface area (TPSA) is 68.2 Å². The fourth-order valence-corrected chi connectivity index (χ4v) is 4.41. The van der Waals surface area contributed by atoms with E-state index in [4.69, 9.17) is 14.2 Å². The van der Waals surface area contributed by atoms with E-state index in [9.17, 15) is 9.90 Å². The summed E-state index contributed by atoms with van der Waals surface area (Å²) in [5.74, 6) is -1.84. The second-order valence-corrected chi connectivity index (χ2v) is 8.71. The first kappa shape index (κ1) is 25.1. The smallest absolute Gasteiger partial charge is 0.225 e. The molecule has 35 heavy (non-hydrogen) atoms. The maximum absolute atomic E-state index is 13.1. The third kappa shape index (κ3) is 6.35. The molecule has 3 aromatic rings. The molecule has 6 heteroatoms. The van der Waals surface area contributed by atoms with Gasteiger partial charge in [0.25, 0.3) is 0 Å². The molecule has 1 amide bonds. The highest BCUT2D eigenvalue weighted by Gasteiger charge is 2.54. The van der Waals surface area contributed by atoms with Crippen LogP contribution in [0.2, 0.25) is 0 Å². The Morgan fingerprint density at radius 1 is 0.829 bits per heavy atom. The van der Waals surface area contributed by atoms with E-state index in [1.54, 1.807) is 4.90 Å². The highest BCUT2D eigenvalue weighted by molar-refractivity contribution is 5.78. The minimum Gasteiger partial charge on any atom is -0.374 e. The molecule has 184 valence electrons. The predicted molar refractivity (Wildman–Crippen MR) is 133 cm³/mol. The van der Waals surface area contributed by atoms with Crippen LogP contribution < -0.4 is 0 Å². The van der Waals surface area contributed by atoms with Crippen molar-refractivity contribution in [3.8, 4) is 0 Å². The number of rotatable bonds is 11. The number of benzene rings is 3. The molecule has 0 aliphatic carbocycles. The number of ether oxygens (including phenoxy) is 3. The molecule has 1 heterocycles. The molecule has 1 N–H and O–H groups in total. The lowest BCUT2D eigenvalue weighted by atomic mass is 9.91. The van der Waals surface area contributed by atoms with Crippen LogP contribution in [0.5, 0.6) is 0 Å². The SMILES string of the molecule is CCN1C(=O)CC(OCc2ccccc2)C(O)(OCc2ccccc2)C1COCc1ccccc1. The van der Waals surface area contributed by atoms with E-state index >= 15 is 0 Å². The average molecular weight is 476 g/mol. The fraction of sp³-hybridized carbons (Fsp3) is 0.345. The predicted octanol–water partition coefficient (Wildman–Crippen LogP) is 4.31. The first-order chi connectivity index (χ1) is 17.1. The van der Waals surface area contributed by atoms with Gasteiger partial charge in [-0.25, -0.2) is 0 Å². The minimum absolute atomic E-state index is 0.0289. The van der Waals surface area contributed by atoms with Crippen molar-refractivity contribution in [2.75, 3.05) is 13.2 Å². The molecule has 1 fully saturated rings. The molecule has 0 bridgehead atoms.